The van der Waals surface area contributed by atoms with Crippen molar-refractivity contribution in [2.24, 2.45) is 0 Å². The lowest BCUT2D eigenvalue weighted by Gasteiger charge is -2.05. The van der Waals surface area contributed by atoms with Crippen LogP contribution in [0.15, 0.2) is 60.7 Å². The third-order valence-electron chi connectivity index (χ3n) is 3.62. The molecule has 1 saturated heterocycles. The van der Waals surface area contributed by atoms with Crippen molar-refractivity contribution in [3.63, 3.8) is 0 Å². The second kappa shape index (κ2) is 7.09. The number of aryl methyl sites for hydroxylation is 1. The van der Waals surface area contributed by atoms with E-state index in [9.17, 15) is 4.79 Å². The average Bonchev–Trinajstić information content (AvgIpc) is 3.31. The number of hydrogen-bond acceptors (Lipinski definition) is 3. The summed E-state index contributed by atoms with van der Waals surface area (Å²) in [6.07, 6.45) is 1.28. The van der Waals surface area contributed by atoms with Crippen molar-refractivity contribution in [2.45, 2.75) is 31.8 Å². The van der Waals surface area contributed by atoms with Crippen molar-refractivity contribution in [1.29, 1.82) is 0 Å². The standard InChI is InChI=1S/C18H19NO3/c20-18(21-13-15-9-5-2-6-10-15)19-17-16(22-17)12-11-14-7-3-1-4-8-14/h1-10,16-17H,11-13H2,(H,19,20)/t16-,17-/m0/s1. The Labute approximate surface area is 130 Å². The Balaban J connectivity index is 1.34. The molecule has 4 nitrogen and oxygen atoms in total. The lowest BCUT2D eigenvalue weighted by Crippen LogP contribution is -2.28. The number of rotatable bonds is 6. The van der Waals surface area contributed by atoms with Gasteiger partial charge in [0.15, 0.2) is 6.23 Å². The first-order valence-electron chi connectivity index (χ1n) is 7.48. The number of ether oxygens (including phenoxy) is 2. The number of carbonyl (C=O) groups is 1. The highest BCUT2D eigenvalue weighted by atomic mass is 16.6. The zero-order valence-corrected chi connectivity index (χ0v) is 12.3. The average molecular weight is 297 g/mol. The molecule has 1 heterocycles. The van der Waals surface area contributed by atoms with Gasteiger partial charge in [-0.05, 0) is 24.0 Å². The molecule has 3 rings (SSSR count). The minimum absolute atomic E-state index is 0.0875. The summed E-state index contributed by atoms with van der Waals surface area (Å²) in [7, 11) is 0. The van der Waals surface area contributed by atoms with Gasteiger partial charge in [0, 0.05) is 0 Å². The van der Waals surface area contributed by atoms with E-state index in [0.717, 1.165) is 18.4 Å². The molecule has 2 atom stereocenters. The van der Waals surface area contributed by atoms with Crippen molar-refractivity contribution in [1.82, 2.24) is 5.32 Å². The number of nitrogens with one attached hydrogen (secondary N) is 1. The number of alkyl carbamates (subject to hydrolysis) is 1. The van der Waals surface area contributed by atoms with Gasteiger partial charge in [0.1, 0.15) is 12.7 Å². The van der Waals surface area contributed by atoms with Crippen molar-refractivity contribution >= 4 is 6.09 Å². The minimum atomic E-state index is -0.434. The molecule has 22 heavy (non-hydrogen) atoms. The van der Waals surface area contributed by atoms with Crippen LogP contribution < -0.4 is 5.32 Å². The quantitative estimate of drug-likeness (QED) is 0.833. The molecule has 114 valence electrons. The summed E-state index contributed by atoms with van der Waals surface area (Å²) in [4.78, 5) is 11.7. The van der Waals surface area contributed by atoms with Gasteiger partial charge in [-0.25, -0.2) is 4.79 Å². The van der Waals surface area contributed by atoms with Gasteiger partial charge in [-0.3, -0.25) is 5.32 Å². The minimum Gasteiger partial charge on any atom is -0.445 e. The Bertz CT molecular complexity index is 600. The first kappa shape index (κ1) is 14.6. The van der Waals surface area contributed by atoms with Gasteiger partial charge in [-0.15, -0.1) is 0 Å². The molecule has 4 heteroatoms. The molecule has 0 aromatic heterocycles. The molecule has 2 aromatic carbocycles. The normalized spacial score (nSPS) is 19.5. The van der Waals surface area contributed by atoms with Gasteiger partial charge >= 0.3 is 6.09 Å². The number of epoxide rings is 1. The van der Waals surface area contributed by atoms with Gasteiger partial charge in [-0.1, -0.05) is 60.7 Å². The highest BCUT2D eigenvalue weighted by molar-refractivity contribution is 5.67. The van der Waals surface area contributed by atoms with Crippen LogP contribution in [0.2, 0.25) is 0 Å². The zero-order chi connectivity index (χ0) is 15.2. The molecule has 1 aliphatic rings. The molecule has 0 saturated carbocycles. The largest absolute Gasteiger partial charge is 0.445 e. The number of benzene rings is 2. The number of carbonyl (C=O) groups excluding carboxylic acids is 1. The van der Waals surface area contributed by atoms with E-state index in [1.807, 2.05) is 48.5 Å². The first-order chi connectivity index (χ1) is 10.8. The lowest BCUT2D eigenvalue weighted by molar-refractivity contribution is 0.135. The van der Waals surface area contributed by atoms with Gasteiger partial charge in [0.2, 0.25) is 0 Å². The van der Waals surface area contributed by atoms with Crippen LogP contribution in [0.25, 0.3) is 0 Å². The third-order valence-corrected chi connectivity index (χ3v) is 3.62. The summed E-state index contributed by atoms with van der Waals surface area (Å²) in [5, 5.41) is 2.73. The van der Waals surface area contributed by atoms with E-state index in [4.69, 9.17) is 9.47 Å². The van der Waals surface area contributed by atoms with Crippen LogP contribution in [0.1, 0.15) is 17.5 Å². The smallest absolute Gasteiger partial charge is 0.409 e. The maximum Gasteiger partial charge on any atom is 0.409 e. The van der Waals surface area contributed by atoms with Gasteiger partial charge < -0.3 is 9.47 Å². The van der Waals surface area contributed by atoms with E-state index in [0.29, 0.717) is 0 Å². The molecular weight excluding hydrogens is 278 g/mol. The van der Waals surface area contributed by atoms with Crippen molar-refractivity contribution < 1.29 is 14.3 Å². The van der Waals surface area contributed by atoms with Crippen molar-refractivity contribution in [3.8, 4) is 0 Å². The molecule has 1 aliphatic heterocycles. The third kappa shape index (κ3) is 4.33. The fourth-order valence-electron chi connectivity index (χ4n) is 2.32. The Morgan fingerprint density at radius 2 is 1.64 bits per heavy atom. The summed E-state index contributed by atoms with van der Waals surface area (Å²) in [5.41, 5.74) is 2.25. The van der Waals surface area contributed by atoms with Crippen LogP contribution in [0, 0.1) is 0 Å². The number of hydrogen-bond donors (Lipinski definition) is 1. The molecule has 2 aromatic rings. The summed E-state index contributed by atoms with van der Waals surface area (Å²) in [5.74, 6) is 0. The van der Waals surface area contributed by atoms with E-state index in [1.165, 1.54) is 5.56 Å². The van der Waals surface area contributed by atoms with E-state index in [1.54, 1.807) is 0 Å². The molecular formula is C18H19NO3. The maximum absolute atomic E-state index is 11.7. The zero-order valence-electron chi connectivity index (χ0n) is 12.3. The molecule has 0 unspecified atom stereocenters. The Morgan fingerprint density at radius 1 is 1.00 bits per heavy atom. The van der Waals surface area contributed by atoms with Gasteiger partial charge in [0.25, 0.3) is 0 Å². The van der Waals surface area contributed by atoms with Gasteiger partial charge in [-0.2, -0.15) is 0 Å². The number of amides is 1. The fourth-order valence-corrected chi connectivity index (χ4v) is 2.32. The highest BCUT2D eigenvalue weighted by Gasteiger charge is 2.39. The Morgan fingerprint density at radius 3 is 2.32 bits per heavy atom. The molecule has 0 radical (unpaired) electrons. The summed E-state index contributed by atoms with van der Waals surface area (Å²) >= 11 is 0. The van der Waals surface area contributed by atoms with Crippen molar-refractivity contribution in [3.05, 3.63) is 71.8 Å². The summed E-state index contributed by atoms with van der Waals surface area (Å²) < 4.78 is 10.6. The maximum atomic E-state index is 11.7. The first-order valence-corrected chi connectivity index (χ1v) is 7.48. The predicted octanol–water partition coefficient (Wildman–Crippen LogP) is 3.27. The lowest BCUT2D eigenvalue weighted by atomic mass is 10.1. The van der Waals surface area contributed by atoms with Crippen LogP contribution in [0.5, 0.6) is 0 Å². The topological polar surface area (TPSA) is 50.9 Å². The Kier molecular flexibility index (Phi) is 4.71. The fraction of sp³-hybridized carbons (Fsp3) is 0.278. The van der Waals surface area contributed by atoms with E-state index in [-0.39, 0.29) is 18.9 Å². The van der Waals surface area contributed by atoms with E-state index < -0.39 is 6.09 Å². The molecule has 1 N–H and O–H groups in total. The van der Waals surface area contributed by atoms with Crippen LogP contribution in [0.3, 0.4) is 0 Å². The van der Waals surface area contributed by atoms with Crippen LogP contribution in [-0.2, 0) is 22.5 Å². The molecule has 1 fully saturated rings. The van der Waals surface area contributed by atoms with Crippen LogP contribution in [-0.4, -0.2) is 18.4 Å². The predicted molar refractivity (Wildman–Crippen MR) is 83.2 cm³/mol. The van der Waals surface area contributed by atoms with Gasteiger partial charge in [0.05, 0.1) is 0 Å². The summed E-state index contributed by atoms with van der Waals surface area (Å²) in [6.45, 7) is 0.272. The second-order valence-electron chi connectivity index (χ2n) is 5.33. The Hall–Kier alpha value is -2.33. The highest BCUT2D eigenvalue weighted by Crippen LogP contribution is 2.24. The van der Waals surface area contributed by atoms with Crippen LogP contribution >= 0.6 is 0 Å². The monoisotopic (exact) mass is 297 g/mol. The second-order valence-corrected chi connectivity index (χ2v) is 5.33. The molecule has 0 bridgehead atoms. The molecule has 1 amide bonds. The molecule has 0 spiro atoms. The van der Waals surface area contributed by atoms with Crippen molar-refractivity contribution in [2.75, 3.05) is 0 Å². The van der Waals surface area contributed by atoms with E-state index in [2.05, 4.69) is 17.4 Å². The summed E-state index contributed by atoms with van der Waals surface area (Å²) in [6, 6.07) is 19.9. The van der Waals surface area contributed by atoms with Crippen LogP contribution in [0.4, 0.5) is 4.79 Å². The SMILES string of the molecule is O=C(N[C@H]1O[C@H]1CCc1ccccc1)OCc1ccccc1. The van der Waals surface area contributed by atoms with E-state index >= 15 is 0 Å². The molecule has 0 aliphatic carbocycles.